The van der Waals surface area contributed by atoms with E-state index < -0.39 is 0 Å². The van der Waals surface area contributed by atoms with E-state index in [1.54, 1.807) is 24.3 Å². The molecule has 1 saturated carbocycles. The molecule has 2 aliphatic rings. The SMILES string of the molecule is CCNC(=NCCN1C(=O)c2ccccc2C1=O)NC1CCC(C)CC1.I. The van der Waals surface area contributed by atoms with Gasteiger partial charge in [-0.25, -0.2) is 0 Å². The van der Waals surface area contributed by atoms with Crippen LogP contribution in [0.3, 0.4) is 0 Å². The van der Waals surface area contributed by atoms with Crippen molar-refractivity contribution >= 4 is 41.8 Å². The van der Waals surface area contributed by atoms with Crippen molar-refractivity contribution in [2.45, 2.75) is 45.6 Å². The molecule has 1 heterocycles. The van der Waals surface area contributed by atoms with Gasteiger partial charge in [-0.2, -0.15) is 0 Å². The van der Waals surface area contributed by atoms with Gasteiger partial charge in [-0.05, 0) is 50.7 Å². The van der Waals surface area contributed by atoms with Crippen LogP contribution >= 0.6 is 24.0 Å². The number of carbonyl (C=O) groups is 2. The van der Waals surface area contributed by atoms with Crippen LogP contribution in [0.25, 0.3) is 0 Å². The topological polar surface area (TPSA) is 73.8 Å². The molecule has 1 aliphatic heterocycles. The molecular formula is C20H29IN4O2. The standard InChI is InChI=1S/C20H28N4O2.HI/c1-3-21-20(23-15-10-8-14(2)9-11-15)22-12-13-24-18(25)16-6-4-5-7-17(16)19(24)26;/h4-7,14-15H,3,8-13H2,1-2H3,(H2,21,22,23);1H. The lowest BCUT2D eigenvalue weighted by Crippen LogP contribution is -2.45. The van der Waals surface area contributed by atoms with Crippen molar-refractivity contribution < 1.29 is 9.59 Å². The van der Waals surface area contributed by atoms with Gasteiger partial charge in [0.15, 0.2) is 5.96 Å². The maximum atomic E-state index is 12.4. The maximum absolute atomic E-state index is 12.4. The highest BCUT2D eigenvalue weighted by atomic mass is 127. The van der Waals surface area contributed by atoms with Gasteiger partial charge in [0.05, 0.1) is 17.7 Å². The van der Waals surface area contributed by atoms with E-state index in [1.165, 1.54) is 17.7 Å². The lowest BCUT2D eigenvalue weighted by atomic mass is 9.87. The van der Waals surface area contributed by atoms with Crippen LogP contribution in [0.4, 0.5) is 0 Å². The van der Waals surface area contributed by atoms with E-state index in [1.807, 2.05) is 6.92 Å². The van der Waals surface area contributed by atoms with Crippen LogP contribution in [0, 0.1) is 5.92 Å². The Morgan fingerprint density at radius 2 is 1.70 bits per heavy atom. The fraction of sp³-hybridized carbons (Fsp3) is 0.550. The highest BCUT2D eigenvalue weighted by molar-refractivity contribution is 14.0. The number of carbonyl (C=O) groups excluding carboxylic acids is 2. The molecule has 0 bridgehead atoms. The number of rotatable bonds is 5. The van der Waals surface area contributed by atoms with E-state index in [0.29, 0.717) is 30.3 Å². The van der Waals surface area contributed by atoms with Crippen molar-refractivity contribution in [2.24, 2.45) is 10.9 Å². The van der Waals surface area contributed by atoms with Crippen molar-refractivity contribution in [1.82, 2.24) is 15.5 Å². The van der Waals surface area contributed by atoms with Gasteiger partial charge in [0.2, 0.25) is 0 Å². The number of halogens is 1. The Morgan fingerprint density at radius 3 is 2.26 bits per heavy atom. The van der Waals surface area contributed by atoms with Crippen LogP contribution in [0.15, 0.2) is 29.3 Å². The number of amides is 2. The van der Waals surface area contributed by atoms with Gasteiger partial charge < -0.3 is 10.6 Å². The molecule has 148 valence electrons. The Hall–Kier alpha value is -1.64. The number of guanidine groups is 1. The summed E-state index contributed by atoms with van der Waals surface area (Å²) in [6.07, 6.45) is 4.80. The molecular weight excluding hydrogens is 455 g/mol. The summed E-state index contributed by atoms with van der Waals surface area (Å²) in [4.78, 5) is 30.6. The van der Waals surface area contributed by atoms with Crippen LogP contribution < -0.4 is 10.6 Å². The fourth-order valence-electron chi connectivity index (χ4n) is 3.62. The number of nitrogens with zero attached hydrogens (tertiary/aromatic N) is 2. The first-order valence-electron chi connectivity index (χ1n) is 9.60. The Kier molecular flexibility index (Phi) is 8.07. The second kappa shape index (κ2) is 10.1. The van der Waals surface area contributed by atoms with Crippen LogP contribution in [0.1, 0.15) is 60.2 Å². The molecule has 0 spiro atoms. The van der Waals surface area contributed by atoms with Gasteiger partial charge in [0.1, 0.15) is 0 Å². The third-order valence-electron chi connectivity index (χ3n) is 5.17. The zero-order chi connectivity index (χ0) is 18.5. The van der Waals surface area contributed by atoms with Crippen molar-refractivity contribution in [3.63, 3.8) is 0 Å². The fourth-order valence-corrected chi connectivity index (χ4v) is 3.62. The van der Waals surface area contributed by atoms with E-state index in [-0.39, 0.29) is 35.8 Å². The molecule has 1 aromatic rings. The van der Waals surface area contributed by atoms with E-state index in [4.69, 9.17) is 0 Å². The Balaban J connectivity index is 0.00000261. The summed E-state index contributed by atoms with van der Waals surface area (Å²) in [7, 11) is 0. The molecule has 1 aromatic carbocycles. The number of hydrogen-bond donors (Lipinski definition) is 2. The molecule has 2 N–H and O–H groups in total. The van der Waals surface area contributed by atoms with Gasteiger partial charge in [0.25, 0.3) is 11.8 Å². The number of fused-ring (bicyclic) bond motifs is 1. The van der Waals surface area contributed by atoms with Gasteiger partial charge in [-0.15, -0.1) is 24.0 Å². The van der Waals surface area contributed by atoms with Crippen LogP contribution in [-0.4, -0.2) is 48.3 Å². The molecule has 3 rings (SSSR count). The molecule has 0 atom stereocenters. The molecule has 7 heteroatoms. The summed E-state index contributed by atoms with van der Waals surface area (Å²) in [5.41, 5.74) is 0.977. The highest BCUT2D eigenvalue weighted by Gasteiger charge is 2.34. The second-order valence-electron chi connectivity index (χ2n) is 7.17. The molecule has 2 amide bonds. The molecule has 0 saturated heterocycles. The predicted molar refractivity (Wildman–Crippen MR) is 118 cm³/mol. The normalized spacial score (nSPS) is 22.3. The van der Waals surface area contributed by atoms with Gasteiger partial charge in [-0.3, -0.25) is 19.5 Å². The van der Waals surface area contributed by atoms with E-state index >= 15 is 0 Å². The molecule has 0 radical (unpaired) electrons. The lowest BCUT2D eigenvalue weighted by Gasteiger charge is -2.28. The van der Waals surface area contributed by atoms with Crippen molar-refractivity contribution in [1.29, 1.82) is 0 Å². The van der Waals surface area contributed by atoms with Gasteiger partial charge in [-0.1, -0.05) is 19.1 Å². The van der Waals surface area contributed by atoms with E-state index in [9.17, 15) is 9.59 Å². The summed E-state index contributed by atoms with van der Waals surface area (Å²) in [6, 6.07) is 7.42. The maximum Gasteiger partial charge on any atom is 0.261 e. The molecule has 6 nitrogen and oxygen atoms in total. The van der Waals surface area contributed by atoms with Crippen molar-refractivity contribution in [3.05, 3.63) is 35.4 Å². The Labute approximate surface area is 178 Å². The minimum absolute atomic E-state index is 0. The molecule has 0 aromatic heterocycles. The first-order chi connectivity index (χ1) is 12.6. The number of hydrogen-bond acceptors (Lipinski definition) is 3. The zero-order valence-electron chi connectivity index (χ0n) is 16.0. The summed E-state index contributed by atoms with van der Waals surface area (Å²) in [5, 5.41) is 6.75. The predicted octanol–water partition coefficient (Wildman–Crippen LogP) is 3.03. The van der Waals surface area contributed by atoms with Crippen LogP contribution in [0.2, 0.25) is 0 Å². The number of benzene rings is 1. The average Bonchev–Trinajstić information content (AvgIpc) is 2.89. The van der Waals surface area contributed by atoms with E-state index in [0.717, 1.165) is 31.3 Å². The number of nitrogens with one attached hydrogen (secondary N) is 2. The summed E-state index contributed by atoms with van der Waals surface area (Å²) in [5.74, 6) is 1.13. The smallest absolute Gasteiger partial charge is 0.261 e. The average molecular weight is 484 g/mol. The number of imide groups is 1. The Bertz CT molecular complexity index is 664. The van der Waals surface area contributed by atoms with Crippen molar-refractivity contribution in [3.8, 4) is 0 Å². The minimum Gasteiger partial charge on any atom is -0.357 e. The van der Waals surface area contributed by atoms with Crippen LogP contribution in [0.5, 0.6) is 0 Å². The summed E-state index contributed by atoms with van der Waals surface area (Å²) >= 11 is 0. The second-order valence-corrected chi connectivity index (χ2v) is 7.17. The molecule has 1 aliphatic carbocycles. The minimum atomic E-state index is -0.222. The first kappa shape index (κ1) is 21.7. The Morgan fingerprint density at radius 1 is 1.11 bits per heavy atom. The molecule has 1 fully saturated rings. The largest absolute Gasteiger partial charge is 0.357 e. The van der Waals surface area contributed by atoms with Crippen molar-refractivity contribution in [2.75, 3.05) is 19.6 Å². The third kappa shape index (κ3) is 5.21. The quantitative estimate of drug-likeness (QED) is 0.292. The third-order valence-corrected chi connectivity index (χ3v) is 5.17. The molecule has 0 unspecified atom stereocenters. The monoisotopic (exact) mass is 484 g/mol. The first-order valence-corrected chi connectivity index (χ1v) is 9.60. The van der Waals surface area contributed by atoms with Crippen LogP contribution in [-0.2, 0) is 0 Å². The molecule has 27 heavy (non-hydrogen) atoms. The van der Waals surface area contributed by atoms with Gasteiger partial charge in [0, 0.05) is 19.1 Å². The summed E-state index contributed by atoms with van der Waals surface area (Å²) in [6.45, 7) is 5.80. The summed E-state index contributed by atoms with van der Waals surface area (Å²) < 4.78 is 0. The van der Waals surface area contributed by atoms with Gasteiger partial charge >= 0.3 is 0 Å². The zero-order valence-corrected chi connectivity index (χ0v) is 18.4. The van der Waals surface area contributed by atoms with E-state index in [2.05, 4.69) is 22.5 Å². The highest BCUT2D eigenvalue weighted by Crippen LogP contribution is 2.23. The number of aliphatic imine (C=N–C) groups is 1. The lowest BCUT2D eigenvalue weighted by molar-refractivity contribution is 0.0659.